The van der Waals surface area contributed by atoms with E-state index in [1.54, 1.807) is 0 Å². The third-order valence-electron chi connectivity index (χ3n) is 2.79. The van der Waals surface area contributed by atoms with Gasteiger partial charge in [-0.05, 0) is 13.0 Å². The number of nitrogens with two attached hydrogens (primary N) is 1. The molecule has 0 aromatic heterocycles. The van der Waals surface area contributed by atoms with Crippen molar-refractivity contribution in [1.82, 2.24) is 9.62 Å². The van der Waals surface area contributed by atoms with Crippen LogP contribution in [0, 0.1) is 0 Å². The lowest BCUT2D eigenvalue weighted by Crippen LogP contribution is -2.42. The quantitative estimate of drug-likeness (QED) is 0.444. The Labute approximate surface area is 112 Å². The van der Waals surface area contributed by atoms with Crippen molar-refractivity contribution < 1.29 is 23.1 Å². The molecular formula is C10H21N3O5S. The van der Waals surface area contributed by atoms with Crippen molar-refractivity contribution in [2.75, 3.05) is 45.1 Å². The first kappa shape index (κ1) is 16.3. The van der Waals surface area contributed by atoms with Gasteiger partial charge in [0.25, 0.3) is 0 Å². The highest BCUT2D eigenvalue weighted by Gasteiger charge is 2.20. The summed E-state index contributed by atoms with van der Waals surface area (Å²) in [4.78, 5) is 12.7. The molecule has 0 spiro atoms. The molecule has 0 aliphatic carbocycles. The van der Waals surface area contributed by atoms with Crippen LogP contribution in [0.5, 0.6) is 0 Å². The van der Waals surface area contributed by atoms with E-state index in [2.05, 4.69) is 9.62 Å². The first-order chi connectivity index (χ1) is 8.91. The maximum absolute atomic E-state index is 11.5. The van der Waals surface area contributed by atoms with Gasteiger partial charge in [0, 0.05) is 19.6 Å². The van der Waals surface area contributed by atoms with Crippen LogP contribution in [-0.2, 0) is 19.6 Å². The van der Waals surface area contributed by atoms with Crippen LogP contribution in [0.3, 0.4) is 0 Å². The van der Waals surface area contributed by atoms with Gasteiger partial charge >= 0.3 is 5.97 Å². The molecule has 1 heterocycles. The second-order valence-electron chi connectivity index (χ2n) is 4.43. The van der Waals surface area contributed by atoms with E-state index >= 15 is 0 Å². The third kappa shape index (κ3) is 6.83. The lowest BCUT2D eigenvalue weighted by Gasteiger charge is -2.26. The van der Waals surface area contributed by atoms with E-state index in [4.69, 9.17) is 15.6 Å². The predicted molar refractivity (Wildman–Crippen MR) is 69.3 cm³/mol. The summed E-state index contributed by atoms with van der Waals surface area (Å²) in [6.07, 6.45) is 0.668. The lowest BCUT2D eigenvalue weighted by atomic mass is 10.3. The lowest BCUT2D eigenvalue weighted by molar-refractivity contribution is -0.137. The van der Waals surface area contributed by atoms with Crippen molar-refractivity contribution in [2.45, 2.75) is 12.5 Å². The van der Waals surface area contributed by atoms with Gasteiger partial charge in [-0.15, -0.1) is 0 Å². The van der Waals surface area contributed by atoms with Gasteiger partial charge in [0.1, 0.15) is 6.04 Å². The molecule has 0 aromatic carbocycles. The zero-order valence-corrected chi connectivity index (χ0v) is 11.6. The molecule has 1 atom stereocenters. The Morgan fingerprint density at radius 3 is 2.63 bits per heavy atom. The summed E-state index contributed by atoms with van der Waals surface area (Å²) in [5.74, 6) is -1.92. The molecule has 8 nitrogen and oxygen atoms in total. The van der Waals surface area contributed by atoms with Gasteiger partial charge in [0.2, 0.25) is 10.0 Å². The molecule has 0 saturated carbocycles. The van der Waals surface area contributed by atoms with E-state index in [-0.39, 0.29) is 6.54 Å². The summed E-state index contributed by atoms with van der Waals surface area (Å²) in [6, 6.07) is -1.39. The fraction of sp³-hybridized carbons (Fsp3) is 0.900. The minimum atomic E-state index is -3.63. The van der Waals surface area contributed by atoms with E-state index in [0.717, 1.165) is 19.6 Å². The molecule has 1 fully saturated rings. The van der Waals surface area contributed by atoms with Crippen LogP contribution >= 0.6 is 0 Å². The normalized spacial score (nSPS) is 19.2. The Hall–Kier alpha value is -0.740. The SMILES string of the molecule is NC(CS(=O)(=O)NCCCN1CCOCC1)C(=O)O. The van der Waals surface area contributed by atoms with Crippen molar-refractivity contribution in [2.24, 2.45) is 5.73 Å². The van der Waals surface area contributed by atoms with Gasteiger partial charge in [-0.25, -0.2) is 13.1 Å². The number of aliphatic carboxylic acids is 1. The third-order valence-corrected chi connectivity index (χ3v) is 4.23. The molecule has 112 valence electrons. The van der Waals surface area contributed by atoms with Gasteiger partial charge in [0.15, 0.2) is 0 Å². The van der Waals surface area contributed by atoms with Crippen LogP contribution < -0.4 is 10.5 Å². The Balaban J connectivity index is 2.18. The van der Waals surface area contributed by atoms with Crippen molar-refractivity contribution in [3.8, 4) is 0 Å². The highest BCUT2D eigenvalue weighted by Crippen LogP contribution is 1.98. The van der Waals surface area contributed by atoms with Crippen molar-refractivity contribution in [3.63, 3.8) is 0 Å². The molecule has 1 rings (SSSR count). The largest absolute Gasteiger partial charge is 0.480 e. The monoisotopic (exact) mass is 295 g/mol. The summed E-state index contributed by atoms with van der Waals surface area (Å²) >= 11 is 0. The summed E-state index contributed by atoms with van der Waals surface area (Å²) in [7, 11) is -3.63. The van der Waals surface area contributed by atoms with Gasteiger partial charge < -0.3 is 15.6 Å². The molecule has 4 N–H and O–H groups in total. The Morgan fingerprint density at radius 2 is 2.05 bits per heavy atom. The van der Waals surface area contributed by atoms with E-state index < -0.39 is 27.8 Å². The van der Waals surface area contributed by atoms with Crippen LogP contribution in [0.1, 0.15) is 6.42 Å². The first-order valence-electron chi connectivity index (χ1n) is 6.16. The maximum Gasteiger partial charge on any atom is 0.321 e. The van der Waals surface area contributed by atoms with Gasteiger partial charge in [-0.3, -0.25) is 9.69 Å². The average Bonchev–Trinajstić information content (AvgIpc) is 2.35. The standard InChI is InChI=1S/C10H21N3O5S/c11-9(10(14)15)8-19(16,17)12-2-1-3-13-4-6-18-7-5-13/h9,12H,1-8,11H2,(H,14,15). The van der Waals surface area contributed by atoms with Crippen LogP contribution in [-0.4, -0.2) is 75.6 Å². The van der Waals surface area contributed by atoms with E-state index in [0.29, 0.717) is 19.6 Å². The number of nitrogens with zero attached hydrogens (tertiary/aromatic N) is 1. The number of rotatable bonds is 8. The van der Waals surface area contributed by atoms with Crippen LogP contribution in [0.15, 0.2) is 0 Å². The molecular weight excluding hydrogens is 274 g/mol. The van der Waals surface area contributed by atoms with Crippen molar-refractivity contribution in [3.05, 3.63) is 0 Å². The number of carboxylic acids is 1. The van der Waals surface area contributed by atoms with Crippen molar-refractivity contribution in [1.29, 1.82) is 0 Å². The fourth-order valence-electron chi connectivity index (χ4n) is 1.72. The van der Waals surface area contributed by atoms with Gasteiger partial charge in [-0.1, -0.05) is 0 Å². The summed E-state index contributed by atoms with van der Waals surface area (Å²) in [5, 5.41) is 8.55. The second-order valence-corrected chi connectivity index (χ2v) is 6.28. The number of carbonyl (C=O) groups is 1. The zero-order valence-electron chi connectivity index (χ0n) is 10.7. The Morgan fingerprint density at radius 1 is 1.42 bits per heavy atom. The zero-order chi connectivity index (χ0) is 14.3. The van der Waals surface area contributed by atoms with E-state index in [9.17, 15) is 13.2 Å². The Bertz CT molecular complexity index is 381. The van der Waals surface area contributed by atoms with Crippen LogP contribution in [0.4, 0.5) is 0 Å². The molecule has 0 aromatic rings. The van der Waals surface area contributed by atoms with E-state index in [1.807, 2.05) is 0 Å². The van der Waals surface area contributed by atoms with Crippen LogP contribution in [0.25, 0.3) is 0 Å². The topological polar surface area (TPSA) is 122 Å². The summed E-state index contributed by atoms with van der Waals surface area (Å²) < 4.78 is 30.6. The minimum absolute atomic E-state index is 0.284. The number of hydrogen-bond acceptors (Lipinski definition) is 6. The maximum atomic E-state index is 11.5. The fourth-order valence-corrected chi connectivity index (χ4v) is 2.91. The van der Waals surface area contributed by atoms with E-state index in [1.165, 1.54) is 0 Å². The second kappa shape index (κ2) is 7.75. The molecule has 19 heavy (non-hydrogen) atoms. The number of sulfonamides is 1. The highest BCUT2D eigenvalue weighted by atomic mass is 32.2. The molecule has 1 aliphatic rings. The van der Waals surface area contributed by atoms with Gasteiger partial charge in [-0.2, -0.15) is 0 Å². The van der Waals surface area contributed by atoms with Gasteiger partial charge in [0.05, 0.1) is 19.0 Å². The Kier molecular flexibility index (Phi) is 6.66. The molecule has 0 bridgehead atoms. The summed E-state index contributed by atoms with van der Waals surface area (Å²) in [5.41, 5.74) is 5.18. The molecule has 1 saturated heterocycles. The van der Waals surface area contributed by atoms with Crippen molar-refractivity contribution >= 4 is 16.0 Å². The molecule has 0 amide bonds. The number of morpholine rings is 1. The smallest absolute Gasteiger partial charge is 0.321 e. The molecule has 0 radical (unpaired) electrons. The molecule has 9 heteroatoms. The average molecular weight is 295 g/mol. The molecule has 1 unspecified atom stereocenters. The number of ether oxygens (including phenoxy) is 1. The minimum Gasteiger partial charge on any atom is -0.480 e. The molecule has 1 aliphatic heterocycles. The summed E-state index contributed by atoms with van der Waals surface area (Å²) in [6.45, 7) is 4.20. The van der Waals surface area contributed by atoms with Crippen LogP contribution in [0.2, 0.25) is 0 Å². The highest BCUT2D eigenvalue weighted by molar-refractivity contribution is 7.89. The number of carboxylic acid groups (broad SMARTS) is 1. The number of hydrogen-bond donors (Lipinski definition) is 3. The first-order valence-corrected chi connectivity index (χ1v) is 7.82. The number of nitrogens with one attached hydrogen (secondary N) is 1. The predicted octanol–water partition coefficient (Wildman–Crippen LogP) is -1.96.